The number of carboxylic acid groups (broad SMARTS) is 1. The number of likely N-dealkylation sites (tertiary alicyclic amines) is 1. The van der Waals surface area contributed by atoms with Crippen LogP contribution in [0.1, 0.15) is 71.7 Å². The van der Waals surface area contributed by atoms with Gasteiger partial charge in [0.2, 0.25) is 0 Å². The third-order valence-electron chi connectivity index (χ3n) is 10.5. The largest absolute Gasteiger partial charge is 0.481 e. The van der Waals surface area contributed by atoms with Crippen molar-refractivity contribution < 1.29 is 27.5 Å². The smallest absolute Gasteiger partial charge is 0.416 e. The number of piperidine rings is 1. The molecule has 4 aromatic rings. The molecule has 13 heteroatoms. The normalized spacial score (nSPS) is 16.2. The maximum absolute atomic E-state index is 15.3. The van der Waals surface area contributed by atoms with Crippen molar-refractivity contribution in [1.82, 2.24) is 19.4 Å². The Labute approximate surface area is 303 Å². The van der Waals surface area contributed by atoms with E-state index >= 15 is 4.39 Å². The van der Waals surface area contributed by atoms with Gasteiger partial charge >= 0.3 is 17.8 Å². The van der Waals surface area contributed by atoms with Crippen molar-refractivity contribution in [2.75, 3.05) is 25.9 Å². The molecule has 0 unspecified atom stereocenters. The van der Waals surface area contributed by atoms with E-state index in [2.05, 4.69) is 28.4 Å². The Morgan fingerprint density at radius 1 is 0.962 bits per heavy atom. The van der Waals surface area contributed by atoms with Crippen molar-refractivity contribution in [3.63, 3.8) is 0 Å². The van der Waals surface area contributed by atoms with Crippen LogP contribution < -0.4 is 16.6 Å². The Morgan fingerprint density at radius 2 is 1.69 bits per heavy atom. The van der Waals surface area contributed by atoms with E-state index in [-0.39, 0.29) is 19.5 Å². The summed E-state index contributed by atoms with van der Waals surface area (Å²) in [6.45, 7) is 1.55. The lowest BCUT2D eigenvalue weighted by atomic mass is 9.74. The van der Waals surface area contributed by atoms with E-state index in [1.807, 2.05) is 42.7 Å². The molecule has 0 bridgehead atoms. The summed E-state index contributed by atoms with van der Waals surface area (Å²) in [4.78, 5) is 43.7. The molecule has 0 amide bonds. The molecule has 3 aromatic carbocycles. The fourth-order valence-electron chi connectivity index (χ4n) is 7.82. The van der Waals surface area contributed by atoms with Gasteiger partial charge in [0.05, 0.1) is 24.7 Å². The van der Waals surface area contributed by atoms with Crippen LogP contribution in [0, 0.1) is 5.82 Å². The molecule has 0 radical (unpaired) electrons. The van der Waals surface area contributed by atoms with Crippen LogP contribution in [0.15, 0.2) is 87.3 Å². The summed E-state index contributed by atoms with van der Waals surface area (Å²) in [6.07, 6.45) is -0.500. The van der Waals surface area contributed by atoms with Gasteiger partial charge in [0, 0.05) is 40.1 Å². The zero-order chi connectivity index (χ0) is 37.0. The highest BCUT2D eigenvalue weighted by Gasteiger charge is 2.46. The molecule has 52 heavy (non-hydrogen) atoms. The summed E-state index contributed by atoms with van der Waals surface area (Å²) < 4.78 is 60.0. The van der Waals surface area contributed by atoms with Crippen LogP contribution in [0.2, 0.25) is 0 Å². The number of aromatic nitrogens is 2. The van der Waals surface area contributed by atoms with Gasteiger partial charge in [-0.05, 0) is 93.4 Å². The van der Waals surface area contributed by atoms with Crippen molar-refractivity contribution in [3.8, 4) is 0 Å². The minimum atomic E-state index is -4.86. The van der Waals surface area contributed by atoms with E-state index in [1.165, 1.54) is 15.0 Å². The summed E-state index contributed by atoms with van der Waals surface area (Å²) >= 11 is 1.67. The topological polar surface area (TPSA) is 96.6 Å². The predicted octanol–water partition coefficient (Wildman–Crippen LogP) is 6.61. The van der Waals surface area contributed by atoms with Crippen molar-refractivity contribution in [2.45, 2.75) is 80.7 Å². The maximum Gasteiger partial charge on any atom is 0.416 e. The molecular weight excluding hydrogens is 697 g/mol. The minimum Gasteiger partial charge on any atom is -0.481 e. The first-order valence-corrected chi connectivity index (χ1v) is 18.7. The summed E-state index contributed by atoms with van der Waals surface area (Å²) in [6, 6.07) is 19.6. The van der Waals surface area contributed by atoms with Gasteiger partial charge in [0.1, 0.15) is 5.82 Å². The average Bonchev–Trinajstić information content (AvgIpc) is 3.49. The molecule has 1 aromatic heterocycles. The average molecular weight is 739 g/mol. The van der Waals surface area contributed by atoms with Gasteiger partial charge in [-0.1, -0.05) is 48.5 Å². The second-order valence-corrected chi connectivity index (χ2v) is 14.6. The SMILES string of the molecule is CSc1cccc(CN2CCC3(CCc4c3c(=O)n(C[C@H](NCCCC(=O)O)c3ccccc3)c(=O)n4Cc3c(F)cccc3C(F)(F)F)CC2)c1. The first kappa shape index (κ1) is 37.6. The number of hydrogen-bond donors (Lipinski definition) is 2. The standard InChI is InChI=1S/C39H42F4N4O4S/c1-52-28-11-5-8-26(22-28)23-45-20-17-38(18-21-45)16-15-33-35(38)36(50)47(25-32(27-9-3-2-4-10-27)44-19-7-14-34(48)49)37(51)46(33)24-29-30(39(41,42)43)12-6-13-31(29)40/h2-6,8-13,22,32,44H,7,14-21,23-25H2,1H3,(H,48,49)/t32-/m0/s1. The molecule has 1 spiro atoms. The van der Waals surface area contributed by atoms with Crippen molar-refractivity contribution in [2.24, 2.45) is 0 Å². The first-order valence-electron chi connectivity index (χ1n) is 17.5. The highest BCUT2D eigenvalue weighted by atomic mass is 32.2. The number of alkyl halides is 3. The zero-order valence-corrected chi connectivity index (χ0v) is 29.7. The molecule has 2 heterocycles. The van der Waals surface area contributed by atoms with Crippen LogP contribution in [0.4, 0.5) is 17.6 Å². The zero-order valence-electron chi connectivity index (χ0n) is 28.9. The van der Waals surface area contributed by atoms with E-state index in [0.717, 1.165) is 34.9 Å². The van der Waals surface area contributed by atoms with Crippen molar-refractivity contribution in [3.05, 3.63) is 133 Å². The molecule has 1 fully saturated rings. The number of nitrogens with one attached hydrogen (secondary N) is 1. The summed E-state index contributed by atoms with van der Waals surface area (Å²) in [5.74, 6) is -2.03. The third-order valence-corrected chi connectivity index (χ3v) is 11.3. The fraction of sp³-hybridized carbons (Fsp3) is 0.410. The number of fused-ring (bicyclic) bond motifs is 2. The van der Waals surface area contributed by atoms with Crippen LogP contribution in [0.3, 0.4) is 0 Å². The molecule has 1 aliphatic heterocycles. The number of carboxylic acids is 1. The maximum atomic E-state index is 15.3. The molecule has 6 rings (SSSR count). The van der Waals surface area contributed by atoms with Crippen LogP contribution in [-0.4, -0.2) is 51.0 Å². The number of nitrogens with zero attached hydrogens (tertiary/aromatic N) is 3. The molecule has 276 valence electrons. The Morgan fingerprint density at radius 3 is 2.38 bits per heavy atom. The van der Waals surface area contributed by atoms with Gasteiger partial charge in [0.25, 0.3) is 5.56 Å². The Bertz CT molecular complexity index is 2020. The molecule has 0 saturated carbocycles. The van der Waals surface area contributed by atoms with Crippen LogP contribution in [0.5, 0.6) is 0 Å². The summed E-state index contributed by atoms with van der Waals surface area (Å²) in [7, 11) is 0. The Hall–Kier alpha value is -4.20. The number of carbonyl (C=O) groups is 1. The van der Waals surface area contributed by atoms with Crippen LogP contribution >= 0.6 is 11.8 Å². The number of thioether (sulfide) groups is 1. The molecular formula is C39H42F4N4O4S. The molecule has 1 saturated heterocycles. The molecule has 2 N–H and O–H groups in total. The second-order valence-electron chi connectivity index (χ2n) is 13.7. The number of rotatable bonds is 13. The number of aliphatic carboxylic acids is 1. The molecule has 1 atom stereocenters. The second kappa shape index (κ2) is 15.8. The van der Waals surface area contributed by atoms with Gasteiger partial charge in [-0.3, -0.25) is 23.6 Å². The Kier molecular flexibility index (Phi) is 11.4. The number of halogens is 4. The van der Waals surface area contributed by atoms with E-state index in [0.29, 0.717) is 56.5 Å². The van der Waals surface area contributed by atoms with Crippen LogP contribution in [0.25, 0.3) is 0 Å². The lowest BCUT2D eigenvalue weighted by Crippen LogP contribution is -2.49. The molecule has 2 aliphatic rings. The van der Waals surface area contributed by atoms with E-state index in [4.69, 9.17) is 5.11 Å². The van der Waals surface area contributed by atoms with E-state index in [9.17, 15) is 27.6 Å². The van der Waals surface area contributed by atoms with Gasteiger partial charge in [-0.2, -0.15) is 13.2 Å². The lowest BCUT2D eigenvalue weighted by Gasteiger charge is -2.40. The third kappa shape index (κ3) is 8.06. The van der Waals surface area contributed by atoms with E-state index in [1.54, 1.807) is 11.8 Å². The lowest BCUT2D eigenvalue weighted by molar-refractivity contribution is -0.138. The van der Waals surface area contributed by atoms with Gasteiger partial charge in [-0.15, -0.1) is 11.8 Å². The predicted molar refractivity (Wildman–Crippen MR) is 192 cm³/mol. The summed E-state index contributed by atoms with van der Waals surface area (Å²) in [5.41, 5.74) is -0.978. The Balaban J connectivity index is 1.41. The van der Waals surface area contributed by atoms with Crippen molar-refractivity contribution >= 4 is 17.7 Å². The van der Waals surface area contributed by atoms with Gasteiger partial charge < -0.3 is 10.4 Å². The summed E-state index contributed by atoms with van der Waals surface area (Å²) in [5, 5.41) is 12.4. The number of benzene rings is 3. The highest BCUT2D eigenvalue weighted by Crippen LogP contribution is 2.45. The minimum absolute atomic E-state index is 0.0766. The molecule has 8 nitrogen and oxygen atoms in total. The van der Waals surface area contributed by atoms with Gasteiger partial charge in [-0.25, -0.2) is 9.18 Å². The highest BCUT2D eigenvalue weighted by molar-refractivity contribution is 7.98. The monoisotopic (exact) mass is 738 g/mol. The van der Waals surface area contributed by atoms with E-state index < -0.39 is 58.3 Å². The fourth-order valence-corrected chi connectivity index (χ4v) is 8.31. The van der Waals surface area contributed by atoms with Crippen molar-refractivity contribution in [1.29, 1.82) is 0 Å². The first-order chi connectivity index (χ1) is 24.9. The van der Waals surface area contributed by atoms with Crippen LogP contribution in [-0.2, 0) is 42.4 Å². The van der Waals surface area contributed by atoms with Gasteiger partial charge in [0.15, 0.2) is 0 Å². The number of hydrogen-bond acceptors (Lipinski definition) is 6. The quantitative estimate of drug-likeness (QED) is 0.0906. The molecule has 1 aliphatic carbocycles.